The number of imidazole rings is 1. The molecule has 3 aromatic heterocycles. The topological polar surface area (TPSA) is 95.7 Å². The lowest BCUT2D eigenvalue weighted by Gasteiger charge is -2.28. The van der Waals surface area contributed by atoms with Crippen LogP contribution >= 0.6 is 0 Å². The Hall–Kier alpha value is -3.72. The average molecular weight is 421 g/mol. The fraction of sp³-hybridized carbons (Fsp3) is 0.227. The molecular formula is C22H20FN5O3. The second kappa shape index (κ2) is 7.84. The Bertz CT molecular complexity index is 1290. The fourth-order valence-corrected chi connectivity index (χ4v) is 3.68. The average Bonchev–Trinajstić information content (AvgIpc) is 3.26. The van der Waals surface area contributed by atoms with Crippen LogP contribution in [0.3, 0.4) is 0 Å². The van der Waals surface area contributed by atoms with Gasteiger partial charge in [-0.25, -0.2) is 14.4 Å². The monoisotopic (exact) mass is 421 g/mol. The Labute approximate surface area is 176 Å². The molecule has 1 aliphatic heterocycles. The highest BCUT2D eigenvalue weighted by Crippen LogP contribution is 2.24. The molecular weight excluding hydrogens is 401 g/mol. The minimum Gasteiger partial charge on any atom is -0.501 e. The highest BCUT2D eigenvalue weighted by Gasteiger charge is 2.18. The summed E-state index contributed by atoms with van der Waals surface area (Å²) in [5.74, 6) is -0.470. The van der Waals surface area contributed by atoms with E-state index in [-0.39, 0.29) is 11.5 Å². The maximum atomic E-state index is 13.1. The zero-order valence-electron chi connectivity index (χ0n) is 16.6. The number of aromatic hydroxyl groups is 1. The van der Waals surface area contributed by atoms with E-state index in [4.69, 9.17) is 4.74 Å². The molecule has 0 saturated carbocycles. The standard InChI is InChI=1S/C22H20FN5O3/c23-15-3-1-14(2-4-15)11-16-12-24-21(25-16)19-20(29)22(30)28-13-17(5-6-18(28)26-19)27-7-9-31-10-8-27/h1-6,12-13,29H,7-11H2,(H,24,25). The van der Waals surface area contributed by atoms with E-state index in [0.29, 0.717) is 31.1 Å². The molecule has 0 aliphatic carbocycles. The van der Waals surface area contributed by atoms with Crippen molar-refractivity contribution in [3.63, 3.8) is 0 Å². The van der Waals surface area contributed by atoms with Crippen molar-refractivity contribution in [2.24, 2.45) is 0 Å². The normalized spacial score (nSPS) is 14.3. The van der Waals surface area contributed by atoms with Crippen molar-refractivity contribution < 1.29 is 14.2 Å². The van der Waals surface area contributed by atoms with Crippen molar-refractivity contribution in [2.75, 3.05) is 31.2 Å². The minimum atomic E-state index is -0.563. The number of pyridine rings is 1. The van der Waals surface area contributed by atoms with E-state index in [1.54, 1.807) is 30.6 Å². The van der Waals surface area contributed by atoms with Crippen LogP contribution in [0.2, 0.25) is 0 Å². The smallest absolute Gasteiger partial charge is 0.300 e. The molecule has 0 unspecified atom stereocenters. The number of nitrogens with one attached hydrogen (secondary N) is 1. The van der Waals surface area contributed by atoms with Gasteiger partial charge < -0.3 is 19.7 Å². The van der Waals surface area contributed by atoms with Gasteiger partial charge in [-0.05, 0) is 29.8 Å². The van der Waals surface area contributed by atoms with Crippen LogP contribution in [0.4, 0.5) is 10.1 Å². The number of hydrogen-bond donors (Lipinski definition) is 2. The number of rotatable bonds is 4. The molecule has 4 aromatic rings. The summed E-state index contributed by atoms with van der Waals surface area (Å²) in [5, 5.41) is 10.5. The Balaban J connectivity index is 1.47. The number of hydrogen-bond acceptors (Lipinski definition) is 6. The summed E-state index contributed by atoms with van der Waals surface area (Å²) in [7, 11) is 0. The zero-order valence-corrected chi connectivity index (χ0v) is 16.6. The highest BCUT2D eigenvalue weighted by atomic mass is 19.1. The van der Waals surface area contributed by atoms with Crippen LogP contribution in [-0.4, -0.2) is 50.8 Å². The van der Waals surface area contributed by atoms with Crippen molar-refractivity contribution in [3.05, 3.63) is 76.2 Å². The third-order valence-corrected chi connectivity index (χ3v) is 5.32. The van der Waals surface area contributed by atoms with Crippen LogP contribution in [0.1, 0.15) is 11.3 Å². The molecule has 9 heteroatoms. The fourth-order valence-electron chi connectivity index (χ4n) is 3.68. The molecule has 5 rings (SSSR count). The third kappa shape index (κ3) is 3.75. The second-order valence-electron chi connectivity index (χ2n) is 7.39. The first-order valence-electron chi connectivity index (χ1n) is 9.95. The van der Waals surface area contributed by atoms with Crippen molar-refractivity contribution >= 4 is 11.3 Å². The van der Waals surface area contributed by atoms with Gasteiger partial charge >= 0.3 is 5.56 Å². The molecule has 1 fully saturated rings. The van der Waals surface area contributed by atoms with Gasteiger partial charge in [0.1, 0.15) is 11.5 Å². The van der Waals surface area contributed by atoms with E-state index in [2.05, 4.69) is 19.9 Å². The van der Waals surface area contributed by atoms with Gasteiger partial charge in [0.2, 0.25) is 5.75 Å². The number of nitrogens with zero attached hydrogens (tertiary/aromatic N) is 4. The number of fused-ring (bicyclic) bond motifs is 1. The van der Waals surface area contributed by atoms with Gasteiger partial charge in [-0.1, -0.05) is 12.1 Å². The van der Waals surface area contributed by atoms with E-state index >= 15 is 0 Å². The summed E-state index contributed by atoms with van der Waals surface area (Å²) < 4.78 is 19.8. The van der Waals surface area contributed by atoms with Crippen molar-refractivity contribution in [1.82, 2.24) is 19.4 Å². The van der Waals surface area contributed by atoms with Crippen LogP contribution in [0.25, 0.3) is 17.2 Å². The second-order valence-corrected chi connectivity index (χ2v) is 7.39. The van der Waals surface area contributed by atoms with Gasteiger partial charge in [-0.3, -0.25) is 9.20 Å². The predicted molar refractivity (Wildman–Crippen MR) is 113 cm³/mol. The number of anilines is 1. The molecule has 0 spiro atoms. The van der Waals surface area contributed by atoms with Crippen molar-refractivity contribution in [1.29, 1.82) is 0 Å². The Kier molecular flexibility index (Phi) is 4.87. The molecule has 0 radical (unpaired) electrons. The number of ether oxygens (including phenoxy) is 1. The Morgan fingerprint density at radius 3 is 2.68 bits per heavy atom. The first-order chi connectivity index (χ1) is 15.1. The summed E-state index contributed by atoms with van der Waals surface area (Å²) in [6.45, 7) is 2.74. The number of benzene rings is 1. The van der Waals surface area contributed by atoms with Gasteiger partial charge in [-0.2, -0.15) is 0 Å². The summed E-state index contributed by atoms with van der Waals surface area (Å²) in [4.78, 5) is 26.8. The number of halogens is 1. The van der Waals surface area contributed by atoms with Gasteiger partial charge in [0.25, 0.3) is 0 Å². The molecule has 158 valence electrons. The Morgan fingerprint density at radius 2 is 1.90 bits per heavy atom. The predicted octanol–water partition coefficient (Wildman–Crippen LogP) is 2.36. The quantitative estimate of drug-likeness (QED) is 0.525. The lowest BCUT2D eigenvalue weighted by molar-refractivity contribution is 0.122. The van der Waals surface area contributed by atoms with E-state index in [9.17, 15) is 14.3 Å². The molecule has 1 saturated heterocycles. The lowest BCUT2D eigenvalue weighted by atomic mass is 10.1. The number of morpholine rings is 1. The molecule has 2 N–H and O–H groups in total. The molecule has 0 amide bonds. The van der Waals surface area contributed by atoms with E-state index in [0.717, 1.165) is 30.0 Å². The molecule has 1 aromatic carbocycles. The van der Waals surface area contributed by atoms with Gasteiger partial charge in [0.15, 0.2) is 11.5 Å². The Morgan fingerprint density at radius 1 is 1.13 bits per heavy atom. The molecule has 0 atom stereocenters. The SMILES string of the molecule is O=c1c(O)c(-c2ncc(Cc3ccc(F)cc3)[nH]2)nc2ccc(N3CCOCC3)cn12. The van der Waals surface area contributed by atoms with E-state index < -0.39 is 11.3 Å². The maximum absolute atomic E-state index is 13.1. The van der Waals surface area contributed by atoms with Gasteiger partial charge in [-0.15, -0.1) is 0 Å². The van der Waals surface area contributed by atoms with Crippen LogP contribution < -0.4 is 10.5 Å². The molecule has 31 heavy (non-hydrogen) atoms. The first kappa shape index (κ1) is 19.3. The van der Waals surface area contributed by atoms with Crippen LogP contribution in [0, 0.1) is 5.82 Å². The zero-order chi connectivity index (χ0) is 21.4. The van der Waals surface area contributed by atoms with Crippen LogP contribution in [0.5, 0.6) is 5.75 Å². The summed E-state index contributed by atoms with van der Waals surface area (Å²) in [6, 6.07) is 9.83. The van der Waals surface area contributed by atoms with Crippen LogP contribution in [0.15, 0.2) is 53.6 Å². The van der Waals surface area contributed by atoms with E-state index in [1.165, 1.54) is 16.5 Å². The van der Waals surface area contributed by atoms with E-state index in [1.807, 2.05) is 6.07 Å². The largest absolute Gasteiger partial charge is 0.501 e. The molecule has 0 bridgehead atoms. The lowest BCUT2D eigenvalue weighted by Crippen LogP contribution is -2.36. The molecule has 1 aliphatic rings. The molecule has 8 nitrogen and oxygen atoms in total. The van der Waals surface area contributed by atoms with Crippen molar-refractivity contribution in [2.45, 2.75) is 6.42 Å². The minimum absolute atomic E-state index is 0.0921. The summed E-state index contributed by atoms with van der Waals surface area (Å²) in [5.41, 5.74) is 2.47. The number of aromatic nitrogens is 4. The summed E-state index contributed by atoms with van der Waals surface area (Å²) in [6.07, 6.45) is 3.80. The first-order valence-corrected chi connectivity index (χ1v) is 9.95. The maximum Gasteiger partial charge on any atom is 0.300 e. The van der Waals surface area contributed by atoms with Crippen molar-refractivity contribution in [3.8, 4) is 17.3 Å². The number of aromatic amines is 1. The third-order valence-electron chi connectivity index (χ3n) is 5.32. The molecule has 4 heterocycles. The van der Waals surface area contributed by atoms with Gasteiger partial charge in [0, 0.05) is 37.6 Å². The van der Waals surface area contributed by atoms with Gasteiger partial charge in [0.05, 0.1) is 18.9 Å². The highest BCUT2D eigenvalue weighted by molar-refractivity contribution is 5.63. The van der Waals surface area contributed by atoms with Crippen LogP contribution in [-0.2, 0) is 11.2 Å². The summed E-state index contributed by atoms with van der Waals surface area (Å²) >= 11 is 0. The number of H-pyrrole nitrogens is 1.